The van der Waals surface area contributed by atoms with Crippen molar-refractivity contribution in [3.05, 3.63) is 53.5 Å². The molecule has 0 saturated heterocycles. The van der Waals surface area contributed by atoms with Crippen LogP contribution in [0.5, 0.6) is 5.75 Å². The topological polar surface area (TPSA) is 51.6 Å². The molecule has 0 aliphatic heterocycles. The van der Waals surface area contributed by atoms with Gasteiger partial charge >= 0.3 is 0 Å². The van der Waals surface area contributed by atoms with Crippen LogP contribution in [0.15, 0.2) is 41.0 Å². The summed E-state index contributed by atoms with van der Waals surface area (Å²) in [5.41, 5.74) is 8.07. The predicted molar refractivity (Wildman–Crippen MR) is 84.2 cm³/mol. The maximum absolute atomic E-state index is 5.68. The number of ether oxygens (including phenoxy) is 1. The fourth-order valence-corrected chi connectivity index (χ4v) is 2.46. The quantitative estimate of drug-likeness (QED) is 0.851. The predicted octanol–water partition coefficient (Wildman–Crippen LogP) is 2.81. The van der Waals surface area contributed by atoms with Gasteiger partial charge in [0, 0.05) is 18.2 Å². The number of nitrogens with zero attached hydrogens (tertiary/aromatic N) is 1. The molecule has 0 aliphatic rings. The summed E-state index contributed by atoms with van der Waals surface area (Å²) in [5, 5.41) is 0. The molecular weight excluding hydrogens is 264 g/mol. The van der Waals surface area contributed by atoms with Crippen LogP contribution in [0.4, 0.5) is 0 Å². The fourth-order valence-electron chi connectivity index (χ4n) is 2.46. The fraction of sp³-hybridized carbons (Fsp3) is 0.412. The number of rotatable bonds is 7. The highest BCUT2D eigenvalue weighted by Gasteiger charge is 2.15. The summed E-state index contributed by atoms with van der Waals surface area (Å²) in [5.74, 6) is 1.81. The Morgan fingerprint density at radius 1 is 1.24 bits per heavy atom. The van der Waals surface area contributed by atoms with E-state index in [1.54, 1.807) is 13.4 Å². The van der Waals surface area contributed by atoms with Crippen molar-refractivity contribution < 1.29 is 9.15 Å². The normalized spacial score (nSPS) is 12.6. The van der Waals surface area contributed by atoms with Gasteiger partial charge in [0.05, 0.1) is 19.9 Å². The maximum atomic E-state index is 5.68. The molecule has 0 spiro atoms. The Balaban J connectivity index is 2.01. The van der Waals surface area contributed by atoms with Gasteiger partial charge in [-0.25, -0.2) is 0 Å². The molecule has 1 atom stereocenters. The molecule has 0 fully saturated rings. The van der Waals surface area contributed by atoms with Crippen LogP contribution < -0.4 is 10.5 Å². The van der Waals surface area contributed by atoms with Crippen LogP contribution in [-0.4, -0.2) is 25.1 Å². The van der Waals surface area contributed by atoms with E-state index in [4.69, 9.17) is 14.9 Å². The number of likely N-dealkylation sites (N-methyl/N-ethyl adjacent to an activating group) is 1. The van der Waals surface area contributed by atoms with E-state index in [1.807, 2.05) is 24.3 Å². The van der Waals surface area contributed by atoms with Crippen molar-refractivity contribution in [2.45, 2.75) is 32.5 Å². The summed E-state index contributed by atoms with van der Waals surface area (Å²) in [4.78, 5) is 2.30. The molecule has 0 aliphatic carbocycles. The number of hydrogen-bond donors (Lipinski definition) is 1. The molecule has 1 unspecified atom stereocenters. The summed E-state index contributed by atoms with van der Waals surface area (Å²) in [6.45, 7) is 3.49. The van der Waals surface area contributed by atoms with Crippen LogP contribution in [0, 0.1) is 0 Å². The van der Waals surface area contributed by atoms with E-state index < -0.39 is 0 Å². The second kappa shape index (κ2) is 7.29. The minimum Gasteiger partial charge on any atom is -0.496 e. The van der Waals surface area contributed by atoms with Gasteiger partial charge in [0.25, 0.3) is 0 Å². The molecule has 1 aromatic heterocycles. The highest BCUT2D eigenvalue weighted by Crippen LogP contribution is 2.21. The first-order valence-electron chi connectivity index (χ1n) is 7.23. The average molecular weight is 288 g/mol. The lowest BCUT2D eigenvalue weighted by Gasteiger charge is -2.25. The summed E-state index contributed by atoms with van der Waals surface area (Å²) in [6, 6.07) is 10.6. The van der Waals surface area contributed by atoms with Gasteiger partial charge in [-0.15, -0.1) is 0 Å². The molecule has 114 valence electrons. The Hall–Kier alpha value is -1.78. The van der Waals surface area contributed by atoms with Crippen LogP contribution >= 0.6 is 0 Å². The third-order valence-corrected chi connectivity index (χ3v) is 3.90. The molecule has 1 heterocycles. The number of para-hydroxylation sites is 1. The first-order chi connectivity index (χ1) is 10.2. The standard InChI is InChI=1S/C17H24N2O2/c1-13(10-14-6-4-5-7-16(14)20-3)19(2)12-15-8-9-21-17(15)11-18/h4-9,13H,10-12,18H2,1-3H3. The van der Waals surface area contributed by atoms with Crippen LogP contribution in [0.3, 0.4) is 0 Å². The molecular formula is C17H24N2O2. The average Bonchev–Trinajstić information content (AvgIpc) is 2.94. The minimum absolute atomic E-state index is 0.391. The van der Waals surface area contributed by atoms with Gasteiger partial charge in [0.2, 0.25) is 0 Å². The Labute approximate surface area is 126 Å². The summed E-state index contributed by atoms with van der Waals surface area (Å²) in [7, 11) is 3.83. The lowest BCUT2D eigenvalue weighted by Crippen LogP contribution is -2.30. The highest BCUT2D eigenvalue weighted by atomic mass is 16.5. The molecule has 4 nitrogen and oxygen atoms in total. The molecule has 2 aromatic rings. The lowest BCUT2D eigenvalue weighted by atomic mass is 10.0. The van der Waals surface area contributed by atoms with Crippen LogP contribution in [0.2, 0.25) is 0 Å². The summed E-state index contributed by atoms with van der Waals surface area (Å²) >= 11 is 0. The third-order valence-electron chi connectivity index (χ3n) is 3.90. The number of methoxy groups -OCH3 is 1. The van der Waals surface area contributed by atoms with E-state index in [1.165, 1.54) is 5.56 Å². The number of nitrogens with two attached hydrogens (primary N) is 1. The molecule has 0 bridgehead atoms. The Morgan fingerprint density at radius 2 is 2.00 bits per heavy atom. The van der Waals surface area contributed by atoms with Crippen molar-refractivity contribution in [1.29, 1.82) is 0 Å². The molecule has 0 amide bonds. The third kappa shape index (κ3) is 3.86. The zero-order valence-electron chi connectivity index (χ0n) is 13.0. The Bertz CT molecular complexity index is 565. The van der Waals surface area contributed by atoms with Gasteiger partial charge in [0.1, 0.15) is 11.5 Å². The number of furan rings is 1. The SMILES string of the molecule is COc1ccccc1CC(C)N(C)Cc1ccoc1CN. The van der Waals surface area contributed by atoms with E-state index in [2.05, 4.69) is 24.9 Å². The maximum Gasteiger partial charge on any atom is 0.122 e. The second-order valence-corrected chi connectivity index (χ2v) is 5.35. The van der Waals surface area contributed by atoms with E-state index in [0.717, 1.165) is 30.0 Å². The first-order valence-corrected chi connectivity index (χ1v) is 7.23. The number of hydrogen-bond acceptors (Lipinski definition) is 4. The summed E-state index contributed by atoms with van der Waals surface area (Å²) in [6.07, 6.45) is 2.65. The Kier molecular flexibility index (Phi) is 5.42. The zero-order valence-corrected chi connectivity index (χ0v) is 13.0. The molecule has 0 radical (unpaired) electrons. The molecule has 0 saturated carbocycles. The molecule has 2 rings (SSSR count). The largest absolute Gasteiger partial charge is 0.496 e. The van der Waals surface area contributed by atoms with Crippen molar-refractivity contribution in [1.82, 2.24) is 4.90 Å². The van der Waals surface area contributed by atoms with Gasteiger partial charge in [-0.3, -0.25) is 4.90 Å². The van der Waals surface area contributed by atoms with Crippen molar-refractivity contribution >= 4 is 0 Å². The van der Waals surface area contributed by atoms with Gasteiger partial charge in [-0.2, -0.15) is 0 Å². The van der Waals surface area contributed by atoms with E-state index >= 15 is 0 Å². The van der Waals surface area contributed by atoms with Crippen molar-refractivity contribution in [2.75, 3.05) is 14.2 Å². The van der Waals surface area contributed by atoms with Gasteiger partial charge in [0.15, 0.2) is 0 Å². The van der Waals surface area contributed by atoms with Crippen LogP contribution in [-0.2, 0) is 19.5 Å². The lowest BCUT2D eigenvalue weighted by molar-refractivity contribution is 0.244. The van der Waals surface area contributed by atoms with Crippen molar-refractivity contribution in [3.63, 3.8) is 0 Å². The Morgan fingerprint density at radius 3 is 2.71 bits per heavy atom. The molecule has 4 heteroatoms. The second-order valence-electron chi connectivity index (χ2n) is 5.35. The van der Waals surface area contributed by atoms with Crippen LogP contribution in [0.1, 0.15) is 23.8 Å². The molecule has 21 heavy (non-hydrogen) atoms. The molecule has 2 N–H and O–H groups in total. The molecule has 1 aromatic carbocycles. The van der Waals surface area contributed by atoms with Gasteiger partial charge < -0.3 is 14.9 Å². The van der Waals surface area contributed by atoms with E-state index in [0.29, 0.717) is 12.6 Å². The van der Waals surface area contributed by atoms with E-state index in [9.17, 15) is 0 Å². The van der Waals surface area contributed by atoms with Crippen molar-refractivity contribution in [3.8, 4) is 5.75 Å². The number of benzene rings is 1. The van der Waals surface area contributed by atoms with Gasteiger partial charge in [-0.05, 0) is 38.1 Å². The minimum atomic E-state index is 0.391. The zero-order chi connectivity index (χ0) is 15.2. The van der Waals surface area contributed by atoms with Gasteiger partial charge in [-0.1, -0.05) is 18.2 Å². The highest BCUT2D eigenvalue weighted by molar-refractivity contribution is 5.33. The summed E-state index contributed by atoms with van der Waals surface area (Å²) < 4.78 is 10.8. The van der Waals surface area contributed by atoms with E-state index in [-0.39, 0.29) is 0 Å². The monoisotopic (exact) mass is 288 g/mol. The van der Waals surface area contributed by atoms with Crippen molar-refractivity contribution in [2.24, 2.45) is 5.73 Å². The van der Waals surface area contributed by atoms with Crippen LogP contribution in [0.25, 0.3) is 0 Å². The smallest absolute Gasteiger partial charge is 0.122 e. The first kappa shape index (κ1) is 15.6.